The Morgan fingerprint density at radius 3 is 1.62 bits per heavy atom. The Labute approximate surface area is 611 Å². The molecule has 3 aromatic heterocycles. The van der Waals surface area contributed by atoms with Crippen molar-refractivity contribution in [3.05, 3.63) is 108 Å². The van der Waals surface area contributed by atoms with Crippen molar-refractivity contribution >= 4 is 23.7 Å². The van der Waals surface area contributed by atoms with Crippen molar-refractivity contribution in [2.75, 3.05) is 26.3 Å². The van der Waals surface area contributed by atoms with Crippen molar-refractivity contribution in [1.82, 2.24) is 60.9 Å². The van der Waals surface area contributed by atoms with Crippen LogP contribution in [0.3, 0.4) is 0 Å². The summed E-state index contributed by atoms with van der Waals surface area (Å²) in [5.74, 6) is -15.7. The van der Waals surface area contributed by atoms with Gasteiger partial charge in [0.1, 0.15) is 96.3 Å². The Morgan fingerprint density at radius 2 is 1.06 bits per heavy atom. The zero-order chi connectivity index (χ0) is 77.1. The molecule has 6 aliphatic rings. The van der Waals surface area contributed by atoms with Crippen LogP contribution in [0.25, 0.3) is 33.8 Å². The third-order valence-corrected chi connectivity index (χ3v) is 20.9. The van der Waals surface area contributed by atoms with Crippen LogP contribution in [-0.4, -0.2) is 263 Å². The van der Waals surface area contributed by atoms with Gasteiger partial charge in [0.2, 0.25) is 17.7 Å². The number of carbonyl (C=O) groups excluding carboxylic acids is 3. The predicted molar refractivity (Wildman–Crippen MR) is 352 cm³/mol. The maximum absolute atomic E-state index is 15.0. The van der Waals surface area contributed by atoms with Gasteiger partial charge in [0.25, 0.3) is 0 Å². The van der Waals surface area contributed by atoms with Gasteiger partial charge in [0, 0.05) is 48.5 Å². The van der Waals surface area contributed by atoms with E-state index in [2.05, 4.69) is 46.9 Å². The van der Waals surface area contributed by atoms with Crippen molar-refractivity contribution < 1.29 is 130 Å². The van der Waals surface area contributed by atoms with E-state index in [4.69, 9.17) is 33.2 Å². The fraction of sp³-hybridized carbons (Fsp3) is 0.594. The highest BCUT2D eigenvalue weighted by Gasteiger charge is 2.55. The Bertz CT molecular complexity index is 4050. The van der Waals surface area contributed by atoms with E-state index >= 15 is 0 Å². The molecule has 3 aromatic carbocycles. The maximum atomic E-state index is 15.0. The third kappa shape index (κ3) is 17.4. The zero-order valence-corrected chi connectivity index (χ0v) is 58.0. The van der Waals surface area contributed by atoms with E-state index in [-0.39, 0.29) is 67.2 Å². The predicted octanol–water partition coefficient (Wildman–Crippen LogP) is 0.547. The Kier molecular flexibility index (Phi) is 25.3. The van der Waals surface area contributed by atoms with E-state index in [9.17, 15) is 96.6 Å². The number of nitrogens with zero attached hydrogens (tertiary/aromatic N) is 9. The second-order valence-electron chi connectivity index (χ2n) is 28.1. The second kappa shape index (κ2) is 34.4. The number of carboxylic acids is 1. The molecule has 3 saturated carbocycles. The molecular formula is C69H84F6N12O21. The summed E-state index contributed by atoms with van der Waals surface area (Å²) in [6.07, 6.45) is -23.3. The van der Waals surface area contributed by atoms with Crippen molar-refractivity contribution in [1.29, 1.82) is 0 Å². The molecule has 39 heteroatoms. The van der Waals surface area contributed by atoms with Crippen LogP contribution < -0.4 is 16.0 Å². The minimum atomic E-state index is -1.99. The van der Waals surface area contributed by atoms with Crippen LogP contribution in [0.1, 0.15) is 96.2 Å². The first-order valence-electron chi connectivity index (χ1n) is 35.4. The van der Waals surface area contributed by atoms with Crippen LogP contribution >= 0.6 is 0 Å². The molecule has 3 aliphatic carbocycles. The van der Waals surface area contributed by atoms with Gasteiger partial charge in [-0.25, -0.2) is 45.2 Å². The van der Waals surface area contributed by atoms with Crippen LogP contribution in [-0.2, 0) is 52.3 Å². The van der Waals surface area contributed by atoms with Gasteiger partial charge < -0.3 is 100 Å². The van der Waals surface area contributed by atoms with Crippen LogP contribution in [0, 0.1) is 52.7 Å². The van der Waals surface area contributed by atoms with Gasteiger partial charge in [-0.2, -0.15) is 0 Å². The van der Waals surface area contributed by atoms with Gasteiger partial charge in [-0.15, -0.1) is 15.3 Å². The Morgan fingerprint density at radius 1 is 0.556 bits per heavy atom. The number of hydrogen-bond donors (Lipinski definition) is 13. The maximum Gasteiger partial charge on any atom is 0.332 e. The number of aromatic nitrogens is 9. The number of amides is 3. The number of carboxylic acid groups (broad SMARTS) is 1. The molecule has 12 rings (SSSR count). The quantitative estimate of drug-likeness (QED) is 0.0211. The number of halogens is 6. The molecular weight excluding hydrogens is 1450 g/mol. The largest absolute Gasteiger partial charge is 0.479 e. The summed E-state index contributed by atoms with van der Waals surface area (Å²) < 4.78 is 133. The minimum absolute atomic E-state index is 0.0379. The molecule has 3 amide bonds. The van der Waals surface area contributed by atoms with E-state index in [1.807, 2.05) is 0 Å². The lowest BCUT2D eigenvalue weighted by Crippen LogP contribution is -2.67. The highest BCUT2D eigenvalue weighted by molar-refractivity contribution is 5.80. The first-order chi connectivity index (χ1) is 51.7. The van der Waals surface area contributed by atoms with Crippen LogP contribution in [0.4, 0.5) is 26.3 Å². The molecule has 3 aliphatic heterocycles. The smallest absolute Gasteiger partial charge is 0.332 e. The first-order valence-corrected chi connectivity index (χ1v) is 35.4. The van der Waals surface area contributed by atoms with E-state index in [1.165, 1.54) is 11.6 Å². The van der Waals surface area contributed by atoms with Crippen LogP contribution in [0.15, 0.2) is 73.2 Å². The highest BCUT2D eigenvalue weighted by atomic mass is 19.2. The number of benzene rings is 3. The summed E-state index contributed by atoms with van der Waals surface area (Å²) in [7, 11) is 0. The lowest BCUT2D eigenvalue weighted by Gasteiger charge is -2.49. The molecule has 0 bridgehead atoms. The van der Waals surface area contributed by atoms with E-state index in [0.29, 0.717) is 48.4 Å². The molecule has 15 unspecified atom stereocenters. The normalized spacial score (nSPS) is 33.0. The van der Waals surface area contributed by atoms with Crippen molar-refractivity contribution in [3.63, 3.8) is 0 Å². The van der Waals surface area contributed by atoms with Crippen LogP contribution in [0.2, 0.25) is 0 Å². The lowest BCUT2D eigenvalue weighted by molar-refractivity contribution is -0.337. The average molecular weight is 1530 g/mol. The molecule has 24 atom stereocenters. The van der Waals surface area contributed by atoms with Gasteiger partial charge in [-0.1, -0.05) is 78.1 Å². The van der Waals surface area contributed by atoms with Crippen LogP contribution in [0.5, 0.6) is 0 Å². The number of aliphatic hydroxyl groups is 9. The minimum Gasteiger partial charge on any atom is -0.479 e. The summed E-state index contributed by atoms with van der Waals surface area (Å²) in [6, 6.07) is 5.65. The molecule has 13 N–H and O–H groups in total. The Balaban J connectivity index is 0.810. The fourth-order valence-corrected chi connectivity index (χ4v) is 15.1. The summed E-state index contributed by atoms with van der Waals surface area (Å²) in [5, 5.41) is 145. The van der Waals surface area contributed by atoms with Gasteiger partial charge in [0.05, 0.1) is 62.2 Å². The number of hydrogen-bond acceptors (Lipinski definition) is 26. The fourth-order valence-electron chi connectivity index (χ4n) is 15.1. The van der Waals surface area contributed by atoms with E-state index in [1.54, 1.807) is 36.5 Å². The third-order valence-electron chi connectivity index (χ3n) is 20.9. The number of aliphatic hydroxyl groups excluding tert-OH is 9. The number of aliphatic carboxylic acids is 1. The zero-order valence-electron chi connectivity index (χ0n) is 58.0. The Hall–Kier alpha value is -8.10. The SMILES string of the molecule is CC(=O)NC1C(O[C@@H](CC2CCCCC2)C(=O)O)[C@@H](O)C(CO)O[C@H]1O[C@@H]1CC(C(=O)NCCNC(=O)C2CC(n3cc(-c4cc(F)c(F)c(F)c4)nn3)C(O)[C@H](O[C@@H]3OC(CO)[C@H](O)C(n4cc(-c5cc(F)c(F)c(F)c5)nn4)C3O)C2)CC(n2cc(-c3ccccc3)nn2)C1O[C@@H]1OC(C)[C@@H](O)C(O)C1O. The number of rotatable bonds is 25. The summed E-state index contributed by atoms with van der Waals surface area (Å²) >= 11 is 0. The van der Waals surface area contributed by atoms with E-state index < -0.39 is 225 Å². The number of carbonyl (C=O) groups is 4. The van der Waals surface area contributed by atoms with Gasteiger partial charge in [-0.3, -0.25) is 14.4 Å². The molecule has 6 aromatic rings. The molecule has 588 valence electrons. The van der Waals surface area contributed by atoms with Crippen molar-refractivity contribution in [3.8, 4) is 33.8 Å². The van der Waals surface area contributed by atoms with Crippen molar-refractivity contribution in [2.24, 2.45) is 17.8 Å². The highest BCUT2D eigenvalue weighted by Crippen LogP contribution is 2.43. The number of ether oxygens (including phenoxy) is 7. The van der Waals surface area contributed by atoms with Gasteiger partial charge >= 0.3 is 5.97 Å². The molecule has 108 heavy (non-hydrogen) atoms. The monoisotopic (exact) mass is 1530 g/mol. The second-order valence-corrected chi connectivity index (χ2v) is 28.1. The van der Waals surface area contributed by atoms with E-state index in [0.717, 1.165) is 47.9 Å². The average Bonchev–Trinajstić information content (AvgIpc) is 1.31. The van der Waals surface area contributed by atoms with Gasteiger partial charge in [-0.05, 0) is 69.2 Å². The lowest BCUT2D eigenvalue weighted by atomic mass is 9.80. The molecule has 0 spiro atoms. The molecule has 6 fully saturated rings. The summed E-state index contributed by atoms with van der Waals surface area (Å²) in [6.45, 7) is 0.109. The van der Waals surface area contributed by atoms with Crippen molar-refractivity contribution in [2.45, 2.75) is 213 Å². The molecule has 0 radical (unpaired) electrons. The number of nitrogens with one attached hydrogen (secondary N) is 3. The summed E-state index contributed by atoms with van der Waals surface area (Å²) in [4.78, 5) is 55.9. The standard InChI is InChI=1S/C69H84F6N12O21/c1-29-55(91)60(96)61(97)69(102-29)108-62-45(86-24-41(79-83-86)32-11-7-4-8-12-32)21-36(23-47(62)105-67-53(78-30(2)90)63(58(94)50(28-89)106-67)103-48(66(100)101)15-31-9-5-3-6-10-31)65(99)77-14-13-76-64(98)35-20-44(85-25-42(80-82-85)33-16-37(70)51(74)38(71)17-33)56(92)46(22-35)104-68-59(95)54(57(93)49(27-88)107-68)87-26-43(81-84-87)34-18-39(72)52(75)40(73)19-34/h4,7-8,11-12,16-19,24-26,29,31,35-36,44-50,53-63,67-69,88-89,91-97H,3,5-6,9-10,13-15,20-23,27-28H2,1-2H3,(H,76,98)(H,77,99)(H,78,90)(H,100,101)/t29?,35?,36?,44?,45?,46-,47-,48+,49?,50?,53?,54?,55-,56?,57+,58+,59?,60?,61?,62?,63?,67-,68-,69+/m1/s1. The molecule has 3 saturated heterocycles. The molecule has 33 nitrogen and oxygen atoms in total. The first kappa shape index (κ1) is 79.5. The van der Waals surface area contributed by atoms with Gasteiger partial charge in [0.15, 0.2) is 59.9 Å². The topological polar surface area (TPSA) is 463 Å². The molecule has 6 heterocycles. The summed E-state index contributed by atoms with van der Waals surface area (Å²) in [5.41, 5.74) is -0.103.